The number of carbonyl (C=O) groups is 1. The van der Waals surface area contributed by atoms with Crippen LogP contribution >= 0.6 is 11.6 Å². The van der Waals surface area contributed by atoms with Crippen molar-refractivity contribution in [1.82, 2.24) is 15.1 Å². The van der Waals surface area contributed by atoms with E-state index in [9.17, 15) is 40.3 Å². The second-order valence-corrected chi connectivity index (χ2v) is 13.6. The molecule has 0 unspecified atom stereocenters. The largest absolute Gasteiger partial charge is 0.434 e. The van der Waals surface area contributed by atoms with Crippen molar-refractivity contribution in [2.24, 2.45) is 11.3 Å². The van der Waals surface area contributed by atoms with Crippen LogP contribution in [-0.2, 0) is 22.8 Å². The van der Waals surface area contributed by atoms with Gasteiger partial charge in [0.1, 0.15) is 15.6 Å². The highest BCUT2D eigenvalue weighted by Gasteiger charge is 2.47. The molecule has 41 heavy (non-hydrogen) atoms. The second kappa shape index (κ2) is 12.4. The van der Waals surface area contributed by atoms with Crippen molar-refractivity contribution in [3.63, 3.8) is 0 Å². The molecule has 1 amide bonds. The maximum absolute atomic E-state index is 13.4. The first-order valence-electron chi connectivity index (χ1n) is 12.9. The molecule has 1 saturated carbocycles. The van der Waals surface area contributed by atoms with Gasteiger partial charge in [-0.25, -0.2) is 8.42 Å². The number of aromatic nitrogens is 2. The summed E-state index contributed by atoms with van der Waals surface area (Å²) in [5.41, 5.74) is -2.19. The van der Waals surface area contributed by atoms with E-state index in [4.69, 9.17) is 11.6 Å². The zero-order chi connectivity index (χ0) is 30.9. The lowest BCUT2D eigenvalue weighted by atomic mass is 9.84. The minimum atomic E-state index is -4.54. The van der Waals surface area contributed by atoms with Gasteiger partial charge in [0.2, 0.25) is 0 Å². The topological polar surface area (TPSA) is 111 Å². The third-order valence-electron chi connectivity index (χ3n) is 7.38. The highest BCUT2D eigenvalue weighted by molar-refractivity contribution is 7.91. The first-order chi connectivity index (χ1) is 18.9. The molecule has 1 aromatic carbocycles. The Bertz CT molecular complexity index is 1360. The summed E-state index contributed by atoms with van der Waals surface area (Å²) in [6, 6.07) is 3.73. The van der Waals surface area contributed by atoms with Crippen LogP contribution in [0.1, 0.15) is 56.1 Å². The summed E-state index contributed by atoms with van der Waals surface area (Å²) in [5.74, 6) is -1.53. The minimum absolute atomic E-state index is 0.00628. The van der Waals surface area contributed by atoms with Crippen LogP contribution in [0.25, 0.3) is 11.3 Å². The number of benzene rings is 1. The standard InChI is InChI=1S/C26H33ClF5N3O5S/c1-5-35-22(17-9-6-14(10-19(17)40-24(28)29)12-25(2,3)26(30,31)32)20(27)21(34-35)23(37)33-13-15-7-8-16(11-18(15)36)41(4,38)39/h6,9-10,15-16,18,24,36H,5,7-8,11-13H2,1-4H3,(H,33,37)/t15-,16-,18+/m0/s1. The number of amides is 1. The number of aliphatic hydroxyl groups is 1. The Labute approximate surface area is 240 Å². The molecular formula is C26H33ClF5N3O5S. The zero-order valence-electron chi connectivity index (χ0n) is 22.9. The Hall–Kier alpha value is -2.45. The van der Waals surface area contributed by atoms with Gasteiger partial charge in [-0.15, -0.1) is 0 Å². The lowest BCUT2D eigenvalue weighted by Crippen LogP contribution is -2.41. The van der Waals surface area contributed by atoms with Crippen molar-refractivity contribution in [2.45, 2.75) is 77.1 Å². The molecule has 1 aromatic heterocycles. The molecule has 2 N–H and O–H groups in total. The molecule has 8 nitrogen and oxygen atoms in total. The van der Waals surface area contributed by atoms with E-state index >= 15 is 0 Å². The van der Waals surface area contributed by atoms with E-state index in [-0.39, 0.29) is 47.0 Å². The van der Waals surface area contributed by atoms with Gasteiger partial charge in [0, 0.05) is 30.8 Å². The number of aliphatic hydroxyl groups excluding tert-OH is 1. The van der Waals surface area contributed by atoms with E-state index in [0.717, 1.165) is 26.2 Å². The van der Waals surface area contributed by atoms with Crippen molar-refractivity contribution in [3.8, 4) is 17.0 Å². The van der Waals surface area contributed by atoms with Crippen LogP contribution in [-0.4, -0.2) is 66.2 Å². The van der Waals surface area contributed by atoms with Crippen molar-refractivity contribution in [3.05, 3.63) is 34.5 Å². The van der Waals surface area contributed by atoms with Crippen molar-refractivity contribution in [2.75, 3.05) is 12.8 Å². The average Bonchev–Trinajstić information content (AvgIpc) is 3.17. The molecule has 15 heteroatoms. The maximum Gasteiger partial charge on any atom is 0.394 e. The number of aryl methyl sites for hydroxylation is 1. The molecule has 0 saturated heterocycles. The van der Waals surface area contributed by atoms with Gasteiger partial charge < -0.3 is 15.2 Å². The molecule has 230 valence electrons. The third-order valence-corrected chi connectivity index (χ3v) is 9.38. The fraction of sp³-hybridized carbons (Fsp3) is 0.615. The molecule has 0 aliphatic heterocycles. The number of sulfone groups is 1. The normalized spacial score (nSPS) is 20.3. The molecule has 0 bridgehead atoms. The van der Waals surface area contributed by atoms with E-state index in [0.29, 0.717) is 12.8 Å². The van der Waals surface area contributed by atoms with Crippen LogP contribution in [0.2, 0.25) is 5.02 Å². The van der Waals surface area contributed by atoms with Crippen LogP contribution < -0.4 is 10.1 Å². The fourth-order valence-electron chi connectivity index (χ4n) is 4.85. The van der Waals surface area contributed by atoms with Crippen LogP contribution in [0.4, 0.5) is 22.0 Å². The van der Waals surface area contributed by atoms with Gasteiger partial charge in [0.25, 0.3) is 5.91 Å². The summed E-state index contributed by atoms with van der Waals surface area (Å²) >= 11 is 6.52. The van der Waals surface area contributed by atoms with E-state index < -0.39 is 63.4 Å². The van der Waals surface area contributed by atoms with Gasteiger partial charge in [-0.3, -0.25) is 9.48 Å². The highest BCUT2D eigenvalue weighted by atomic mass is 35.5. The number of ether oxygens (including phenoxy) is 1. The third kappa shape index (κ3) is 7.69. The SMILES string of the molecule is CCn1nc(C(=O)NC[C@@H]2CC[C@H](S(C)(=O)=O)C[C@H]2O)c(Cl)c1-c1ccc(CC(C)(C)C(F)(F)F)cc1OC(F)F. The number of carbonyl (C=O) groups excluding carboxylic acids is 1. The molecule has 3 rings (SSSR count). The number of hydrogen-bond acceptors (Lipinski definition) is 6. The highest BCUT2D eigenvalue weighted by Crippen LogP contribution is 2.43. The average molecular weight is 630 g/mol. The predicted octanol–water partition coefficient (Wildman–Crippen LogP) is 5.26. The lowest BCUT2D eigenvalue weighted by molar-refractivity contribution is -0.211. The van der Waals surface area contributed by atoms with Crippen LogP contribution in [0.5, 0.6) is 5.75 Å². The van der Waals surface area contributed by atoms with Crippen molar-refractivity contribution >= 4 is 27.3 Å². The number of rotatable bonds is 10. The number of nitrogens with one attached hydrogen (secondary N) is 1. The van der Waals surface area contributed by atoms with Crippen LogP contribution in [0.3, 0.4) is 0 Å². The summed E-state index contributed by atoms with van der Waals surface area (Å²) in [6.07, 6.45) is -4.10. The van der Waals surface area contributed by atoms with Crippen LogP contribution in [0, 0.1) is 11.3 Å². The Morgan fingerprint density at radius 1 is 1.27 bits per heavy atom. The first kappa shape index (κ1) is 33.1. The number of halogens is 6. The Kier molecular flexibility index (Phi) is 10.0. The molecule has 1 aliphatic rings. The molecule has 1 aliphatic carbocycles. The Morgan fingerprint density at radius 3 is 2.46 bits per heavy atom. The zero-order valence-corrected chi connectivity index (χ0v) is 24.5. The quantitative estimate of drug-likeness (QED) is 0.347. The molecule has 0 radical (unpaired) electrons. The van der Waals surface area contributed by atoms with Gasteiger partial charge in [-0.1, -0.05) is 31.5 Å². The Balaban J connectivity index is 1.88. The van der Waals surface area contributed by atoms with Gasteiger partial charge >= 0.3 is 12.8 Å². The van der Waals surface area contributed by atoms with Crippen molar-refractivity contribution < 1.29 is 45.0 Å². The van der Waals surface area contributed by atoms with E-state index in [1.54, 1.807) is 6.92 Å². The maximum atomic E-state index is 13.4. The number of alkyl halides is 5. The van der Waals surface area contributed by atoms with E-state index in [1.165, 1.54) is 16.8 Å². The van der Waals surface area contributed by atoms with E-state index in [1.807, 2.05) is 0 Å². The summed E-state index contributed by atoms with van der Waals surface area (Å²) in [5, 5.41) is 16.4. The lowest BCUT2D eigenvalue weighted by Gasteiger charge is -2.32. The fourth-order valence-corrected chi connectivity index (χ4v) is 6.29. The van der Waals surface area contributed by atoms with Crippen molar-refractivity contribution in [1.29, 1.82) is 0 Å². The molecule has 3 atom stereocenters. The van der Waals surface area contributed by atoms with Gasteiger partial charge in [-0.2, -0.15) is 27.1 Å². The summed E-state index contributed by atoms with van der Waals surface area (Å²) in [7, 11) is -3.31. The minimum Gasteiger partial charge on any atom is -0.434 e. The van der Waals surface area contributed by atoms with Crippen LogP contribution in [0.15, 0.2) is 18.2 Å². The monoisotopic (exact) mass is 629 g/mol. The summed E-state index contributed by atoms with van der Waals surface area (Å²) in [6.45, 7) is 0.553. The molecule has 1 fully saturated rings. The van der Waals surface area contributed by atoms with Gasteiger partial charge in [0.15, 0.2) is 5.69 Å². The second-order valence-electron chi connectivity index (χ2n) is 10.9. The van der Waals surface area contributed by atoms with Gasteiger partial charge in [0.05, 0.1) is 27.5 Å². The smallest absolute Gasteiger partial charge is 0.394 e. The Morgan fingerprint density at radius 2 is 1.93 bits per heavy atom. The summed E-state index contributed by atoms with van der Waals surface area (Å²) in [4.78, 5) is 13.0. The molecule has 0 spiro atoms. The first-order valence-corrected chi connectivity index (χ1v) is 15.2. The molecular weight excluding hydrogens is 597 g/mol. The van der Waals surface area contributed by atoms with E-state index in [2.05, 4.69) is 15.2 Å². The molecule has 1 heterocycles. The summed E-state index contributed by atoms with van der Waals surface area (Å²) < 4.78 is 96.4. The predicted molar refractivity (Wildman–Crippen MR) is 143 cm³/mol. The molecule has 2 aromatic rings. The number of hydrogen-bond donors (Lipinski definition) is 2. The van der Waals surface area contributed by atoms with Gasteiger partial charge in [-0.05, 0) is 50.3 Å². The number of nitrogens with zero attached hydrogens (tertiary/aromatic N) is 2.